The number of nitriles is 1. The zero-order chi connectivity index (χ0) is 12.7. The van der Waals surface area contributed by atoms with Crippen LogP contribution in [0, 0.1) is 11.3 Å². The summed E-state index contributed by atoms with van der Waals surface area (Å²) in [5.74, 6) is -0.755. The van der Waals surface area contributed by atoms with Crippen molar-refractivity contribution in [2.75, 3.05) is 13.7 Å². The third-order valence-corrected chi connectivity index (χ3v) is 2.72. The number of hydrogen-bond donors (Lipinski definition) is 0. The first-order chi connectivity index (χ1) is 8.22. The van der Waals surface area contributed by atoms with Gasteiger partial charge in [-0.1, -0.05) is 31.2 Å². The molecule has 0 heterocycles. The third kappa shape index (κ3) is 3.69. The summed E-state index contributed by atoms with van der Waals surface area (Å²) in [7, 11) is 1.55. The molecule has 0 aliphatic carbocycles. The van der Waals surface area contributed by atoms with Crippen molar-refractivity contribution < 1.29 is 9.53 Å². The van der Waals surface area contributed by atoms with Crippen LogP contribution in [0.15, 0.2) is 24.3 Å². The normalized spacial score (nSPS) is 11.8. The summed E-state index contributed by atoms with van der Waals surface area (Å²) in [6, 6.07) is 9.70. The molecule has 0 bridgehead atoms. The number of benzene rings is 1. The Morgan fingerprint density at radius 3 is 2.53 bits per heavy atom. The lowest BCUT2D eigenvalue weighted by atomic mass is 9.93. The highest BCUT2D eigenvalue weighted by Gasteiger charge is 2.19. The second kappa shape index (κ2) is 6.82. The largest absolute Gasteiger partial charge is 0.384 e. The van der Waals surface area contributed by atoms with Gasteiger partial charge in [-0.25, -0.2) is 0 Å². The van der Waals surface area contributed by atoms with Crippen LogP contribution in [0.4, 0.5) is 0 Å². The third-order valence-electron chi connectivity index (χ3n) is 2.72. The molecule has 0 radical (unpaired) electrons. The smallest absolute Gasteiger partial charge is 0.156 e. The van der Waals surface area contributed by atoms with Gasteiger partial charge in [-0.05, 0) is 17.5 Å². The van der Waals surface area contributed by atoms with Gasteiger partial charge in [0.25, 0.3) is 0 Å². The molecule has 1 rings (SSSR count). The first kappa shape index (κ1) is 13.4. The maximum absolute atomic E-state index is 11.8. The van der Waals surface area contributed by atoms with Gasteiger partial charge in [-0.3, -0.25) is 4.79 Å². The molecule has 0 aliphatic rings. The average molecular weight is 231 g/mol. The Bertz CT molecular complexity index is 403. The van der Waals surface area contributed by atoms with Gasteiger partial charge in [0.05, 0.1) is 12.7 Å². The topological polar surface area (TPSA) is 50.1 Å². The maximum atomic E-state index is 11.8. The number of nitrogens with zero attached hydrogens (tertiary/aromatic N) is 1. The Labute approximate surface area is 102 Å². The highest BCUT2D eigenvalue weighted by molar-refractivity contribution is 5.88. The molecule has 90 valence electrons. The first-order valence-corrected chi connectivity index (χ1v) is 5.73. The van der Waals surface area contributed by atoms with Gasteiger partial charge in [-0.15, -0.1) is 0 Å². The Morgan fingerprint density at radius 1 is 1.41 bits per heavy atom. The number of aryl methyl sites for hydroxylation is 1. The summed E-state index contributed by atoms with van der Waals surface area (Å²) in [5, 5.41) is 9.06. The van der Waals surface area contributed by atoms with Gasteiger partial charge in [0.15, 0.2) is 5.78 Å². The number of Topliss-reactive ketones (excluding diaryl/α,β-unsaturated/α-hetero) is 1. The monoisotopic (exact) mass is 231 g/mol. The summed E-state index contributed by atoms with van der Waals surface area (Å²) < 4.78 is 4.85. The Hall–Kier alpha value is -1.66. The van der Waals surface area contributed by atoms with Crippen LogP contribution in [0.1, 0.15) is 30.4 Å². The summed E-state index contributed by atoms with van der Waals surface area (Å²) in [6.07, 6.45) is 1.24. The predicted octanol–water partition coefficient (Wildman–Crippen LogP) is 2.46. The fourth-order valence-corrected chi connectivity index (χ4v) is 1.63. The van der Waals surface area contributed by atoms with Crippen molar-refractivity contribution in [3.8, 4) is 6.07 Å². The fourth-order valence-electron chi connectivity index (χ4n) is 1.63. The van der Waals surface area contributed by atoms with E-state index in [0.717, 1.165) is 12.0 Å². The number of hydrogen-bond acceptors (Lipinski definition) is 3. The van der Waals surface area contributed by atoms with E-state index in [1.807, 2.05) is 24.3 Å². The number of methoxy groups -OCH3 is 1. The zero-order valence-corrected chi connectivity index (χ0v) is 10.3. The molecule has 17 heavy (non-hydrogen) atoms. The minimum absolute atomic E-state index is 0.0846. The van der Waals surface area contributed by atoms with Crippen LogP contribution in [0.25, 0.3) is 0 Å². The first-order valence-electron chi connectivity index (χ1n) is 5.73. The van der Waals surface area contributed by atoms with Gasteiger partial charge in [0.2, 0.25) is 0 Å². The van der Waals surface area contributed by atoms with Crippen LogP contribution in [-0.4, -0.2) is 19.5 Å². The zero-order valence-electron chi connectivity index (χ0n) is 10.3. The summed E-state index contributed by atoms with van der Waals surface area (Å²) in [6.45, 7) is 2.44. The minimum atomic E-state index is -0.670. The maximum Gasteiger partial charge on any atom is 0.156 e. The summed E-state index contributed by atoms with van der Waals surface area (Å²) in [4.78, 5) is 11.8. The van der Waals surface area contributed by atoms with E-state index in [-0.39, 0.29) is 12.2 Å². The van der Waals surface area contributed by atoms with E-state index in [9.17, 15) is 4.79 Å². The standard InChI is InChI=1S/C14H17NO2/c1-3-11-4-6-12(7-5-11)13(10-15)14(16)8-9-17-2/h4-7,13H,3,8-9H2,1-2H3. The molecule has 3 heteroatoms. The molecular formula is C14H17NO2. The molecule has 0 amide bonds. The van der Waals surface area contributed by atoms with Gasteiger partial charge in [-0.2, -0.15) is 5.26 Å². The van der Waals surface area contributed by atoms with Crippen molar-refractivity contribution in [3.63, 3.8) is 0 Å². The number of carbonyl (C=O) groups excluding carboxylic acids is 1. The van der Waals surface area contributed by atoms with E-state index in [1.165, 1.54) is 5.56 Å². The molecule has 1 unspecified atom stereocenters. The Morgan fingerprint density at radius 2 is 2.06 bits per heavy atom. The molecule has 0 fully saturated rings. The van der Waals surface area contributed by atoms with Crippen LogP contribution < -0.4 is 0 Å². The van der Waals surface area contributed by atoms with Crippen molar-refractivity contribution in [1.82, 2.24) is 0 Å². The molecule has 3 nitrogen and oxygen atoms in total. The van der Waals surface area contributed by atoms with Crippen LogP contribution in [-0.2, 0) is 16.0 Å². The molecule has 1 atom stereocenters. The molecule has 0 aromatic heterocycles. The molecule has 1 aromatic carbocycles. The number of ketones is 1. The quantitative estimate of drug-likeness (QED) is 0.755. The second-order valence-corrected chi connectivity index (χ2v) is 3.87. The summed E-state index contributed by atoms with van der Waals surface area (Å²) >= 11 is 0. The van der Waals surface area contributed by atoms with E-state index < -0.39 is 5.92 Å². The highest BCUT2D eigenvalue weighted by Crippen LogP contribution is 2.18. The molecule has 1 aromatic rings. The second-order valence-electron chi connectivity index (χ2n) is 3.87. The van der Waals surface area contributed by atoms with Gasteiger partial charge >= 0.3 is 0 Å². The lowest BCUT2D eigenvalue weighted by Gasteiger charge is -2.08. The highest BCUT2D eigenvalue weighted by atomic mass is 16.5. The van der Waals surface area contributed by atoms with Gasteiger partial charge in [0, 0.05) is 13.5 Å². The molecule has 0 saturated heterocycles. The molecule has 0 saturated carbocycles. The van der Waals surface area contributed by atoms with Crippen molar-refractivity contribution in [1.29, 1.82) is 5.26 Å². The van der Waals surface area contributed by atoms with Gasteiger partial charge in [0.1, 0.15) is 5.92 Å². The summed E-state index contributed by atoms with van der Waals surface area (Å²) in [5.41, 5.74) is 1.97. The average Bonchev–Trinajstić information content (AvgIpc) is 2.38. The van der Waals surface area contributed by atoms with E-state index >= 15 is 0 Å². The van der Waals surface area contributed by atoms with Crippen LogP contribution in [0.3, 0.4) is 0 Å². The van der Waals surface area contributed by atoms with Crippen LogP contribution in [0.2, 0.25) is 0 Å². The Kier molecular flexibility index (Phi) is 5.38. The lowest BCUT2D eigenvalue weighted by molar-refractivity contribution is -0.120. The molecule has 0 N–H and O–H groups in total. The number of carbonyl (C=O) groups is 1. The van der Waals surface area contributed by atoms with Crippen LogP contribution >= 0.6 is 0 Å². The minimum Gasteiger partial charge on any atom is -0.384 e. The SMILES string of the molecule is CCc1ccc(C(C#N)C(=O)CCOC)cc1. The van der Waals surface area contributed by atoms with Crippen LogP contribution in [0.5, 0.6) is 0 Å². The fraction of sp³-hybridized carbons (Fsp3) is 0.429. The van der Waals surface area contributed by atoms with Crippen molar-refractivity contribution in [2.24, 2.45) is 0 Å². The number of rotatable bonds is 6. The van der Waals surface area contributed by atoms with Crippen molar-refractivity contribution in [2.45, 2.75) is 25.7 Å². The van der Waals surface area contributed by atoms with E-state index in [2.05, 4.69) is 13.0 Å². The molecule has 0 spiro atoms. The molecule has 0 aliphatic heterocycles. The molecular weight excluding hydrogens is 214 g/mol. The Balaban J connectivity index is 2.79. The van der Waals surface area contributed by atoms with Crippen molar-refractivity contribution >= 4 is 5.78 Å². The van der Waals surface area contributed by atoms with Gasteiger partial charge < -0.3 is 4.74 Å². The predicted molar refractivity (Wildman–Crippen MR) is 65.7 cm³/mol. The van der Waals surface area contributed by atoms with E-state index in [4.69, 9.17) is 10.00 Å². The number of ether oxygens (including phenoxy) is 1. The van der Waals surface area contributed by atoms with E-state index in [1.54, 1.807) is 7.11 Å². The van der Waals surface area contributed by atoms with Crippen molar-refractivity contribution in [3.05, 3.63) is 35.4 Å². The lowest BCUT2D eigenvalue weighted by Crippen LogP contribution is -2.12. The van der Waals surface area contributed by atoms with E-state index in [0.29, 0.717) is 6.61 Å².